The van der Waals surface area contributed by atoms with E-state index in [4.69, 9.17) is 4.74 Å². The molecule has 1 heterocycles. The summed E-state index contributed by atoms with van der Waals surface area (Å²) in [6.45, 7) is 3.71. The molecule has 24 heavy (non-hydrogen) atoms. The predicted octanol–water partition coefficient (Wildman–Crippen LogP) is 3.08. The van der Waals surface area contributed by atoms with E-state index in [1.165, 1.54) is 32.2 Å². The standard InChI is InChI=1S/C20H28N2O2/c23-20(17-5-7-19(8-6-17)24-14-16-3-4-16)22-11-9-18(10-12-22)21-13-15-1-2-15/h5-8,15-16,18,21H,1-4,9-14H2. The van der Waals surface area contributed by atoms with E-state index >= 15 is 0 Å². The predicted molar refractivity (Wildman–Crippen MR) is 94.3 cm³/mol. The van der Waals surface area contributed by atoms with Gasteiger partial charge in [0.1, 0.15) is 5.75 Å². The third kappa shape index (κ3) is 4.29. The lowest BCUT2D eigenvalue weighted by Crippen LogP contribution is -2.45. The highest BCUT2D eigenvalue weighted by Gasteiger charge is 2.26. The number of ether oxygens (including phenoxy) is 1. The smallest absolute Gasteiger partial charge is 0.253 e. The largest absolute Gasteiger partial charge is 0.493 e. The van der Waals surface area contributed by atoms with Crippen LogP contribution in [0.15, 0.2) is 24.3 Å². The summed E-state index contributed by atoms with van der Waals surface area (Å²) < 4.78 is 5.74. The van der Waals surface area contributed by atoms with E-state index in [0.717, 1.165) is 55.7 Å². The highest BCUT2D eigenvalue weighted by molar-refractivity contribution is 5.94. The fourth-order valence-corrected chi connectivity index (χ4v) is 3.32. The molecule has 1 amide bonds. The number of carbonyl (C=O) groups excluding carboxylic acids is 1. The molecule has 1 saturated heterocycles. The molecular weight excluding hydrogens is 300 g/mol. The van der Waals surface area contributed by atoms with Crippen LogP contribution in [0, 0.1) is 11.8 Å². The first-order valence-corrected chi connectivity index (χ1v) is 9.53. The number of carbonyl (C=O) groups is 1. The fraction of sp³-hybridized carbons (Fsp3) is 0.650. The fourth-order valence-electron chi connectivity index (χ4n) is 3.32. The summed E-state index contributed by atoms with van der Waals surface area (Å²) in [5.74, 6) is 2.71. The Balaban J connectivity index is 1.24. The number of amides is 1. The van der Waals surface area contributed by atoms with Crippen molar-refractivity contribution >= 4 is 5.91 Å². The molecule has 0 aromatic heterocycles. The summed E-state index contributed by atoms with van der Waals surface area (Å²) in [5.41, 5.74) is 0.776. The summed E-state index contributed by atoms with van der Waals surface area (Å²) >= 11 is 0. The van der Waals surface area contributed by atoms with Crippen LogP contribution in [0.25, 0.3) is 0 Å². The van der Waals surface area contributed by atoms with Gasteiger partial charge in [0.25, 0.3) is 5.91 Å². The molecule has 0 spiro atoms. The third-order valence-electron chi connectivity index (χ3n) is 5.46. The molecule has 0 bridgehead atoms. The van der Waals surface area contributed by atoms with E-state index in [-0.39, 0.29) is 5.91 Å². The first kappa shape index (κ1) is 15.9. The van der Waals surface area contributed by atoms with Crippen LogP contribution in [0.2, 0.25) is 0 Å². The second-order valence-electron chi connectivity index (χ2n) is 7.70. The summed E-state index contributed by atoms with van der Waals surface area (Å²) in [6.07, 6.45) is 7.52. The van der Waals surface area contributed by atoms with E-state index in [1.807, 2.05) is 29.2 Å². The van der Waals surface area contributed by atoms with E-state index in [2.05, 4.69) is 5.32 Å². The van der Waals surface area contributed by atoms with Gasteiger partial charge in [-0.2, -0.15) is 0 Å². The van der Waals surface area contributed by atoms with Crippen molar-refractivity contribution < 1.29 is 9.53 Å². The van der Waals surface area contributed by atoms with E-state index in [9.17, 15) is 4.79 Å². The maximum absolute atomic E-state index is 12.6. The summed E-state index contributed by atoms with van der Waals surface area (Å²) in [5, 5.41) is 3.66. The zero-order chi connectivity index (χ0) is 16.4. The minimum atomic E-state index is 0.157. The second kappa shape index (κ2) is 7.14. The van der Waals surface area contributed by atoms with E-state index in [0.29, 0.717) is 6.04 Å². The van der Waals surface area contributed by atoms with Crippen molar-refractivity contribution in [3.8, 4) is 5.75 Å². The van der Waals surface area contributed by atoms with Crippen molar-refractivity contribution in [3.63, 3.8) is 0 Å². The van der Waals surface area contributed by atoms with Crippen LogP contribution < -0.4 is 10.1 Å². The number of hydrogen-bond acceptors (Lipinski definition) is 3. The van der Waals surface area contributed by atoms with Crippen LogP contribution in [0.1, 0.15) is 48.9 Å². The van der Waals surface area contributed by atoms with Crippen LogP contribution in [0.5, 0.6) is 5.75 Å². The van der Waals surface area contributed by atoms with Gasteiger partial charge in [-0.3, -0.25) is 4.79 Å². The zero-order valence-electron chi connectivity index (χ0n) is 14.4. The first-order chi connectivity index (χ1) is 11.8. The van der Waals surface area contributed by atoms with Crippen LogP contribution in [0.3, 0.4) is 0 Å². The minimum Gasteiger partial charge on any atom is -0.493 e. The topological polar surface area (TPSA) is 41.6 Å². The Morgan fingerprint density at radius 1 is 1.00 bits per heavy atom. The molecule has 130 valence electrons. The molecule has 4 heteroatoms. The van der Waals surface area contributed by atoms with Gasteiger partial charge in [-0.25, -0.2) is 0 Å². The average molecular weight is 328 g/mol. The van der Waals surface area contributed by atoms with Crippen molar-refractivity contribution in [2.45, 2.75) is 44.6 Å². The van der Waals surface area contributed by atoms with Crippen LogP contribution in [-0.2, 0) is 0 Å². The van der Waals surface area contributed by atoms with Crippen LogP contribution in [0.4, 0.5) is 0 Å². The molecule has 1 N–H and O–H groups in total. The van der Waals surface area contributed by atoms with Crippen molar-refractivity contribution in [2.24, 2.45) is 11.8 Å². The molecule has 2 saturated carbocycles. The monoisotopic (exact) mass is 328 g/mol. The Morgan fingerprint density at radius 3 is 2.29 bits per heavy atom. The SMILES string of the molecule is O=C(c1ccc(OCC2CC2)cc1)N1CCC(NCC2CC2)CC1. The lowest BCUT2D eigenvalue weighted by atomic mass is 10.0. The van der Waals surface area contributed by atoms with E-state index in [1.54, 1.807) is 0 Å². The molecule has 3 fully saturated rings. The Labute approximate surface area is 144 Å². The Bertz CT molecular complexity index is 556. The summed E-state index contributed by atoms with van der Waals surface area (Å²) in [7, 11) is 0. The molecular formula is C20H28N2O2. The number of likely N-dealkylation sites (tertiary alicyclic amines) is 1. The molecule has 0 atom stereocenters. The molecule has 3 aliphatic rings. The van der Waals surface area contributed by atoms with Gasteiger partial charge < -0.3 is 15.0 Å². The number of rotatable bonds is 7. The lowest BCUT2D eigenvalue weighted by Gasteiger charge is -2.32. The molecule has 1 aliphatic heterocycles. The van der Waals surface area contributed by atoms with Crippen LogP contribution >= 0.6 is 0 Å². The molecule has 4 rings (SSSR count). The Kier molecular flexibility index (Phi) is 4.74. The van der Waals surface area contributed by atoms with Crippen LogP contribution in [-0.4, -0.2) is 43.1 Å². The maximum Gasteiger partial charge on any atom is 0.253 e. The molecule has 4 nitrogen and oxygen atoms in total. The van der Waals surface area contributed by atoms with Gasteiger partial charge in [0, 0.05) is 24.7 Å². The second-order valence-corrected chi connectivity index (χ2v) is 7.70. The highest BCUT2D eigenvalue weighted by atomic mass is 16.5. The minimum absolute atomic E-state index is 0.157. The van der Waals surface area contributed by atoms with Gasteiger partial charge >= 0.3 is 0 Å². The van der Waals surface area contributed by atoms with Gasteiger partial charge in [-0.1, -0.05) is 0 Å². The quantitative estimate of drug-likeness (QED) is 0.836. The van der Waals surface area contributed by atoms with Gasteiger partial charge in [0.2, 0.25) is 0 Å². The molecule has 1 aromatic rings. The molecule has 1 aromatic carbocycles. The normalized spacial score (nSPS) is 21.8. The molecule has 0 radical (unpaired) electrons. The lowest BCUT2D eigenvalue weighted by molar-refractivity contribution is 0.0705. The number of hydrogen-bond donors (Lipinski definition) is 1. The summed E-state index contributed by atoms with van der Waals surface area (Å²) in [6, 6.07) is 8.26. The summed E-state index contributed by atoms with van der Waals surface area (Å²) in [4.78, 5) is 14.6. The highest BCUT2D eigenvalue weighted by Crippen LogP contribution is 2.30. The van der Waals surface area contributed by atoms with Crippen molar-refractivity contribution in [1.82, 2.24) is 10.2 Å². The average Bonchev–Trinajstić information content (AvgIpc) is 3.53. The maximum atomic E-state index is 12.6. The van der Waals surface area contributed by atoms with E-state index < -0.39 is 0 Å². The van der Waals surface area contributed by atoms with Crippen molar-refractivity contribution in [2.75, 3.05) is 26.2 Å². The Morgan fingerprint density at radius 2 is 1.67 bits per heavy atom. The zero-order valence-corrected chi connectivity index (χ0v) is 14.4. The van der Waals surface area contributed by atoms with Crippen molar-refractivity contribution in [3.05, 3.63) is 29.8 Å². The van der Waals surface area contributed by atoms with Crippen molar-refractivity contribution in [1.29, 1.82) is 0 Å². The van der Waals surface area contributed by atoms with Gasteiger partial charge in [0.15, 0.2) is 0 Å². The van der Waals surface area contributed by atoms with Gasteiger partial charge in [0.05, 0.1) is 6.61 Å². The molecule has 0 unspecified atom stereocenters. The first-order valence-electron chi connectivity index (χ1n) is 9.53. The third-order valence-corrected chi connectivity index (χ3v) is 5.46. The number of nitrogens with zero attached hydrogens (tertiary/aromatic N) is 1. The molecule has 2 aliphatic carbocycles. The Hall–Kier alpha value is -1.55. The number of piperidine rings is 1. The number of nitrogens with one attached hydrogen (secondary N) is 1. The number of benzene rings is 1. The van der Waals surface area contributed by atoms with Gasteiger partial charge in [-0.05, 0) is 81.2 Å². The van der Waals surface area contributed by atoms with Gasteiger partial charge in [-0.15, -0.1) is 0 Å².